The normalized spacial score (nSPS) is 14.4. The Morgan fingerprint density at radius 2 is 1.84 bits per heavy atom. The third kappa shape index (κ3) is 4.43. The first-order chi connectivity index (χ1) is 14.7. The Labute approximate surface area is 181 Å². The number of aromatic nitrogens is 4. The molecule has 8 heteroatoms. The third-order valence-corrected chi connectivity index (χ3v) is 5.50. The standard InChI is InChI=1S/C23H27N5O3/c1-14-18-21(27-17(26-14)12-11-16-9-7-6-8-10-16)28(13-25-18)15(2)19(29)20(30)23(3,4)22(31)24-5/h6-10,13,15,19-20,29-30H,1-5H3,(H,24,31)/t15-,19+,20?/m1/s1. The minimum Gasteiger partial charge on any atom is -0.389 e. The molecule has 0 radical (unpaired) electrons. The summed E-state index contributed by atoms with van der Waals surface area (Å²) in [5, 5.41) is 24.1. The third-order valence-electron chi connectivity index (χ3n) is 5.50. The molecule has 0 saturated heterocycles. The number of carbonyl (C=O) groups excluding carboxylic acids is 1. The Bertz CT molecular complexity index is 1140. The van der Waals surface area contributed by atoms with Crippen molar-refractivity contribution in [2.75, 3.05) is 7.05 Å². The van der Waals surface area contributed by atoms with Gasteiger partial charge in [-0.25, -0.2) is 15.0 Å². The summed E-state index contributed by atoms with van der Waals surface area (Å²) in [7, 11) is 1.49. The summed E-state index contributed by atoms with van der Waals surface area (Å²) in [5.41, 5.74) is 1.41. The molecule has 31 heavy (non-hydrogen) atoms. The number of carbonyl (C=O) groups is 1. The van der Waals surface area contributed by atoms with Crippen LogP contribution in [0.15, 0.2) is 36.7 Å². The number of hydrogen-bond donors (Lipinski definition) is 3. The molecule has 1 aromatic carbocycles. The Morgan fingerprint density at radius 1 is 1.16 bits per heavy atom. The second-order valence-electron chi connectivity index (χ2n) is 8.05. The molecule has 1 unspecified atom stereocenters. The molecule has 2 heterocycles. The number of nitrogens with zero attached hydrogens (tertiary/aromatic N) is 4. The maximum absolute atomic E-state index is 12.1. The van der Waals surface area contributed by atoms with Gasteiger partial charge in [0.15, 0.2) is 5.65 Å². The van der Waals surface area contributed by atoms with Gasteiger partial charge in [0.25, 0.3) is 0 Å². The number of hydrogen-bond acceptors (Lipinski definition) is 6. The average Bonchev–Trinajstić information content (AvgIpc) is 3.20. The van der Waals surface area contributed by atoms with Crippen LogP contribution in [0.25, 0.3) is 11.2 Å². The van der Waals surface area contributed by atoms with Gasteiger partial charge < -0.3 is 20.1 Å². The van der Waals surface area contributed by atoms with Crippen LogP contribution in [0.5, 0.6) is 0 Å². The molecule has 3 aromatic rings. The number of nitrogens with one attached hydrogen (secondary N) is 1. The number of aliphatic hydroxyl groups excluding tert-OH is 2. The van der Waals surface area contributed by atoms with E-state index in [2.05, 4.69) is 32.1 Å². The van der Waals surface area contributed by atoms with Crippen molar-refractivity contribution in [1.29, 1.82) is 0 Å². The molecule has 3 N–H and O–H groups in total. The lowest BCUT2D eigenvalue weighted by molar-refractivity contribution is -0.142. The van der Waals surface area contributed by atoms with Gasteiger partial charge >= 0.3 is 0 Å². The van der Waals surface area contributed by atoms with E-state index in [9.17, 15) is 15.0 Å². The molecular weight excluding hydrogens is 394 g/mol. The monoisotopic (exact) mass is 421 g/mol. The van der Waals surface area contributed by atoms with Gasteiger partial charge in [-0.3, -0.25) is 4.79 Å². The number of aliphatic hydroxyl groups is 2. The zero-order valence-electron chi connectivity index (χ0n) is 18.3. The molecule has 0 aliphatic heterocycles. The van der Waals surface area contributed by atoms with E-state index in [4.69, 9.17) is 0 Å². The first-order valence-electron chi connectivity index (χ1n) is 10.0. The van der Waals surface area contributed by atoms with Crippen LogP contribution in [0.1, 0.15) is 43.9 Å². The number of fused-ring (bicyclic) bond motifs is 1. The number of benzene rings is 1. The van der Waals surface area contributed by atoms with Crippen molar-refractivity contribution in [3.05, 3.63) is 53.7 Å². The Kier molecular flexibility index (Phi) is 6.39. The molecule has 8 nitrogen and oxygen atoms in total. The van der Waals surface area contributed by atoms with Gasteiger partial charge in [-0.15, -0.1) is 0 Å². The van der Waals surface area contributed by atoms with E-state index in [1.54, 1.807) is 31.7 Å². The quantitative estimate of drug-likeness (QED) is 0.539. The van der Waals surface area contributed by atoms with Crippen molar-refractivity contribution in [3.63, 3.8) is 0 Å². The lowest BCUT2D eigenvalue weighted by atomic mass is 9.81. The molecule has 0 aliphatic rings. The summed E-state index contributed by atoms with van der Waals surface area (Å²) >= 11 is 0. The lowest BCUT2D eigenvalue weighted by Gasteiger charge is -2.34. The molecule has 0 bridgehead atoms. The highest BCUT2D eigenvalue weighted by Crippen LogP contribution is 2.29. The Balaban J connectivity index is 1.96. The number of aryl methyl sites for hydroxylation is 1. The number of amides is 1. The van der Waals surface area contributed by atoms with Gasteiger partial charge in [0.05, 0.1) is 29.6 Å². The van der Waals surface area contributed by atoms with Gasteiger partial charge in [-0.1, -0.05) is 24.1 Å². The summed E-state index contributed by atoms with van der Waals surface area (Å²) in [4.78, 5) is 25.5. The van der Waals surface area contributed by atoms with Gasteiger partial charge in [-0.05, 0) is 45.7 Å². The van der Waals surface area contributed by atoms with Crippen LogP contribution in [0.3, 0.4) is 0 Å². The Hall–Kier alpha value is -3.28. The van der Waals surface area contributed by atoms with Crippen molar-refractivity contribution in [2.24, 2.45) is 5.41 Å². The zero-order chi connectivity index (χ0) is 22.8. The molecule has 1 amide bonds. The second-order valence-corrected chi connectivity index (χ2v) is 8.05. The van der Waals surface area contributed by atoms with Crippen molar-refractivity contribution < 1.29 is 15.0 Å². The highest BCUT2D eigenvalue weighted by Gasteiger charge is 2.41. The molecule has 0 fully saturated rings. The lowest BCUT2D eigenvalue weighted by Crippen LogP contribution is -2.50. The van der Waals surface area contributed by atoms with Gasteiger partial charge in [-0.2, -0.15) is 0 Å². The van der Waals surface area contributed by atoms with Crippen LogP contribution < -0.4 is 5.32 Å². The van der Waals surface area contributed by atoms with Crippen LogP contribution in [0, 0.1) is 24.2 Å². The number of rotatable bonds is 5. The molecule has 0 saturated carbocycles. The highest BCUT2D eigenvalue weighted by molar-refractivity contribution is 5.82. The SMILES string of the molecule is CNC(=O)C(C)(C)C(O)[C@@H](O)[C@@H](C)n1cnc2c(C)nc(C#Cc3ccccc3)nc21. The van der Waals surface area contributed by atoms with Gasteiger partial charge in [0.2, 0.25) is 11.7 Å². The molecule has 0 spiro atoms. The van der Waals surface area contributed by atoms with E-state index in [-0.39, 0.29) is 5.91 Å². The first kappa shape index (κ1) is 22.4. The maximum Gasteiger partial charge on any atom is 0.228 e. The van der Waals surface area contributed by atoms with Crippen LogP contribution >= 0.6 is 0 Å². The fraction of sp³-hybridized carbons (Fsp3) is 0.391. The summed E-state index contributed by atoms with van der Waals surface area (Å²) in [5.74, 6) is 5.98. The summed E-state index contributed by atoms with van der Waals surface area (Å²) in [6.07, 6.45) is -0.993. The largest absolute Gasteiger partial charge is 0.389 e. The van der Waals surface area contributed by atoms with Crippen LogP contribution in [0.2, 0.25) is 0 Å². The fourth-order valence-electron chi connectivity index (χ4n) is 3.37. The highest BCUT2D eigenvalue weighted by atomic mass is 16.3. The fourth-order valence-corrected chi connectivity index (χ4v) is 3.37. The predicted octanol–water partition coefficient (Wildman–Crippen LogP) is 1.59. The van der Waals surface area contributed by atoms with Crippen molar-refractivity contribution in [3.8, 4) is 11.8 Å². The number of imidazole rings is 1. The molecule has 0 aliphatic carbocycles. The van der Waals surface area contributed by atoms with Crippen LogP contribution in [0.4, 0.5) is 0 Å². The molecule has 3 rings (SSSR count). The second kappa shape index (κ2) is 8.84. The topological polar surface area (TPSA) is 113 Å². The summed E-state index contributed by atoms with van der Waals surface area (Å²) < 4.78 is 1.67. The van der Waals surface area contributed by atoms with Crippen molar-refractivity contribution in [2.45, 2.75) is 45.9 Å². The zero-order valence-corrected chi connectivity index (χ0v) is 18.3. The maximum atomic E-state index is 12.1. The minimum absolute atomic E-state index is 0.337. The molecular formula is C23H27N5O3. The molecule has 2 aromatic heterocycles. The van der Waals surface area contributed by atoms with E-state index in [0.717, 1.165) is 5.56 Å². The van der Waals surface area contributed by atoms with Crippen LogP contribution in [-0.2, 0) is 4.79 Å². The smallest absolute Gasteiger partial charge is 0.228 e. The minimum atomic E-state index is -1.31. The Morgan fingerprint density at radius 3 is 2.48 bits per heavy atom. The summed E-state index contributed by atoms with van der Waals surface area (Å²) in [6.45, 7) is 6.73. The predicted molar refractivity (Wildman–Crippen MR) is 117 cm³/mol. The van der Waals surface area contributed by atoms with Gasteiger partial charge in [0.1, 0.15) is 11.6 Å². The average molecular weight is 422 g/mol. The molecule has 3 atom stereocenters. The van der Waals surface area contributed by atoms with Gasteiger partial charge in [0, 0.05) is 12.6 Å². The first-order valence-corrected chi connectivity index (χ1v) is 10.0. The van der Waals surface area contributed by atoms with E-state index >= 15 is 0 Å². The van der Waals surface area contributed by atoms with E-state index in [1.165, 1.54) is 7.05 Å². The van der Waals surface area contributed by atoms with Crippen LogP contribution in [-0.4, -0.2) is 54.9 Å². The van der Waals surface area contributed by atoms with E-state index in [0.29, 0.717) is 22.7 Å². The van der Waals surface area contributed by atoms with Crippen molar-refractivity contribution >= 4 is 17.1 Å². The van der Waals surface area contributed by atoms with E-state index < -0.39 is 23.7 Å². The molecule has 162 valence electrons. The summed E-state index contributed by atoms with van der Waals surface area (Å²) in [6, 6.07) is 8.93. The van der Waals surface area contributed by atoms with E-state index in [1.807, 2.05) is 37.3 Å². The van der Waals surface area contributed by atoms with Crippen molar-refractivity contribution in [1.82, 2.24) is 24.8 Å².